The van der Waals surface area contributed by atoms with Gasteiger partial charge in [-0.3, -0.25) is 13.9 Å². The molecule has 0 fully saturated rings. The zero-order chi connectivity index (χ0) is 28.7. The summed E-state index contributed by atoms with van der Waals surface area (Å²) in [4.78, 5) is 28.8. The van der Waals surface area contributed by atoms with Crippen molar-refractivity contribution in [1.82, 2.24) is 10.2 Å². The van der Waals surface area contributed by atoms with Crippen molar-refractivity contribution in [3.8, 4) is 0 Å². The summed E-state index contributed by atoms with van der Waals surface area (Å²) in [7, 11) is -4.15. The van der Waals surface area contributed by atoms with E-state index in [9.17, 15) is 18.0 Å². The summed E-state index contributed by atoms with van der Waals surface area (Å²) in [6.45, 7) is 8.92. The van der Waals surface area contributed by atoms with E-state index >= 15 is 0 Å². The van der Waals surface area contributed by atoms with E-state index in [4.69, 9.17) is 11.6 Å². The molecule has 0 aromatic heterocycles. The number of rotatable bonds is 11. The van der Waals surface area contributed by atoms with E-state index < -0.39 is 28.5 Å². The average Bonchev–Trinajstić information content (AvgIpc) is 2.89. The van der Waals surface area contributed by atoms with Crippen LogP contribution in [0.1, 0.15) is 43.9 Å². The van der Waals surface area contributed by atoms with Crippen molar-refractivity contribution >= 4 is 39.1 Å². The van der Waals surface area contributed by atoms with Gasteiger partial charge in [-0.15, -0.1) is 0 Å². The fourth-order valence-electron chi connectivity index (χ4n) is 4.27. The minimum atomic E-state index is -4.15. The lowest BCUT2D eigenvalue weighted by atomic mass is 10.1. The lowest BCUT2D eigenvalue weighted by Gasteiger charge is -2.34. The number of hydrogen-bond donors (Lipinski definition) is 1. The van der Waals surface area contributed by atoms with Gasteiger partial charge in [0, 0.05) is 17.6 Å². The lowest BCUT2D eigenvalue weighted by molar-refractivity contribution is -0.140. The Hall–Kier alpha value is -3.36. The van der Waals surface area contributed by atoms with Crippen molar-refractivity contribution in [3.05, 3.63) is 94.5 Å². The second-order valence-corrected chi connectivity index (χ2v) is 12.1. The molecule has 208 valence electrons. The Labute approximate surface area is 236 Å². The average molecular weight is 570 g/mol. The van der Waals surface area contributed by atoms with Gasteiger partial charge < -0.3 is 10.2 Å². The van der Waals surface area contributed by atoms with Crippen molar-refractivity contribution in [2.75, 3.05) is 10.8 Å². The summed E-state index contributed by atoms with van der Waals surface area (Å²) in [5.74, 6) is -0.787. The van der Waals surface area contributed by atoms with Crippen LogP contribution in [0, 0.1) is 13.8 Å². The fourth-order valence-corrected chi connectivity index (χ4v) is 5.93. The molecule has 0 aliphatic rings. The van der Waals surface area contributed by atoms with E-state index in [1.807, 2.05) is 52.0 Å². The van der Waals surface area contributed by atoms with Crippen molar-refractivity contribution in [3.63, 3.8) is 0 Å². The molecule has 1 atom stereocenters. The zero-order valence-electron chi connectivity index (χ0n) is 23.0. The molecule has 3 aromatic rings. The van der Waals surface area contributed by atoms with Gasteiger partial charge in [0.25, 0.3) is 10.0 Å². The van der Waals surface area contributed by atoms with Crippen LogP contribution in [0.3, 0.4) is 0 Å². The molecule has 0 aliphatic heterocycles. The summed E-state index contributed by atoms with van der Waals surface area (Å²) >= 11 is 6.27. The predicted molar refractivity (Wildman–Crippen MR) is 156 cm³/mol. The first-order chi connectivity index (χ1) is 18.4. The van der Waals surface area contributed by atoms with Gasteiger partial charge >= 0.3 is 0 Å². The standard InChI is InChI=1S/C30H36ClN3O4S/c1-6-27(30(36)32-21(2)3)33(19-24-15-12-22(4)13-16-24)29(35)20-34(28-18-25(31)17-14-23(28)5)39(37,38)26-10-8-7-9-11-26/h7-18,21,27H,6,19-20H2,1-5H3,(H,32,36)/t27-/m0/s1. The number of nitrogens with one attached hydrogen (secondary N) is 1. The Morgan fingerprint density at radius 2 is 1.59 bits per heavy atom. The number of nitrogens with zero attached hydrogens (tertiary/aromatic N) is 2. The van der Waals surface area contributed by atoms with E-state index in [2.05, 4.69) is 5.32 Å². The summed E-state index contributed by atoms with van der Waals surface area (Å²) in [6.07, 6.45) is 0.359. The van der Waals surface area contributed by atoms with Crippen molar-refractivity contribution in [1.29, 1.82) is 0 Å². The van der Waals surface area contributed by atoms with Gasteiger partial charge in [0.2, 0.25) is 11.8 Å². The predicted octanol–water partition coefficient (Wildman–Crippen LogP) is 5.48. The van der Waals surface area contributed by atoms with Crippen LogP contribution < -0.4 is 9.62 Å². The molecule has 0 aliphatic carbocycles. The normalized spacial score (nSPS) is 12.2. The van der Waals surface area contributed by atoms with Gasteiger partial charge in [0.15, 0.2) is 0 Å². The molecular weight excluding hydrogens is 534 g/mol. The summed E-state index contributed by atoms with van der Waals surface area (Å²) < 4.78 is 28.9. The molecule has 0 radical (unpaired) electrons. The first kappa shape index (κ1) is 30.2. The third-order valence-electron chi connectivity index (χ3n) is 6.34. The van der Waals surface area contributed by atoms with Crippen LogP contribution >= 0.6 is 11.6 Å². The molecule has 0 saturated heterocycles. The van der Waals surface area contributed by atoms with E-state index in [1.54, 1.807) is 37.3 Å². The minimum Gasteiger partial charge on any atom is -0.352 e. The quantitative estimate of drug-likeness (QED) is 0.331. The van der Waals surface area contributed by atoms with Crippen LogP contribution in [-0.4, -0.2) is 43.8 Å². The Balaban J connectivity index is 2.09. The van der Waals surface area contributed by atoms with Gasteiger partial charge in [0.05, 0.1) is 10.6 Å². The van der Waals surface area contributed by atoms with Crippen molar-refractivity contribution < 1.29 is 18.0 Å². The van der Waals surface area contributed by atoms with Gasteiger partial charge in [0.1, 0.15) is 12.6 Å². The van der Waals surface area contributed by atoms with Gasteiger partial charge in [-0.1, -0.05) is 72.6 Å². The molecule has 3 rings (SSSR count). The van der Waals surface area contributed by atoms with E-state index in [1.165, 1.54) is 23.1 Å². The van der Waals surface area contributed by atoms with Crippen LogP contribution in [0.25, 0.3) is 0 Å². The van der Waals surface area contributed by atoms with Crippen LogP contribution in [0.5, 0.6) is 0 Å². The second kappa shape index (κ2) is 13.1. The minimum absolute atomic E-state index is 0.0480. The van der Waals surface area contributed by atoms with Crippen LogP contribution in [0.15, 0.2) is 77.7 Å². The number of hydrogen-bond acceptors (Lipinski definition) is 4. The first-order valence-electron chi connectivity index (χ1n) is 12.9. The van der Waals surface area contributed by atoms with Gasteiger partial charge in [-0.2, -0.15) is 0 Å². The molecule has 9 heteroatoms. The Morgan fingerprint density at radius 1 is 0.949 bits per heavy atom. The molecule has 0 unspecified atom stereocenters. The molecule has 7 nitrogen and oxygen atoms in total. The highest BCUT2D eigenvalue weighted by molar-refractivity contribution is 7.92. The topological polar surface area (TPSA) is 86.8 Å². The molecule has 0 heterocycles. The summed E-state index contributed by atoms with van der Waals surface area (Å²) in [5.41, 5.74) is 2.84. The Morgan fingerprint density at radius 3 is 2.18 bits per heavy atom. The third kappa shape index (κ3) is 7.61. The highest BCUT2D eigenvalue weighted by Gasteiger charge is 2.34. The number of benzene rings is 3. The highest BCUT2D eigenvalue weighted by atomic mass is 35.5. The van der Waals surface area contributed by atoms with Crippen molar-refractivity contribution in [2.24, 2.45) is 0 Å². The van der Waals surface area contributed by atoms with Gasteiger partial charge in [-0.25, -0.2) is 8.42 Å². The number of sulfonamides is 1. The van der Waals surface area contributed by atoms with Gasteiger partial charge in [-0.05, 0) is 69.5 Å². The molecule has 0 bridgehead atoms. The Kier molecular flexibility index (Phi) is 10.2. The van der Waals surface area contributed by atoms with Crippen LogP contribution in [-0.2, 0) is 26.2 Å². The number of halogens is 1. The number of carbonyl (C=O) groups is 2. The first-order valence-corrected chi connectivity index (χ1v) is 14.7. The zero-order valence-corrected chi connectivity index (χ0v) is 24.6. The van der Waals surface area contributed by atoms with E-state index in [0.29, 0.717) is 22.7 Å². The number of amides is 2. The SMILES string of the molecule is CC[C@@H](C(=O)NC(C)C)N(Cc1ccc(C)cc1)C(=O)CN(c1cc(Cl)ccc1C)S(=O)(=O)c1ccccc1. The number of carbonyl (C=O) groups excluding carboxylic acids is 2. The van der Waals surface area contributed by atoms with E-state index in [0.717, 1.165) is 15.4 Å². The van der Waals surface area contributed by atoms with Crippen molar-refractivity contribution in [2.45, 2.75) is 64.6 Å². The molecule has 3 aromatic carbocycles. The molecule has 0 spiro atoms. The maximum Gasteiger partial charge on any atom is 0.264 e. The van der Waals surface area contributed by atoms with Crippen LogP contribution in [0.2, 0.25) is 5.02 Å². The van der Waals surface area contributed by atoms with E-state index in [-0.39, 0.29) is 23.4 Å². The molecular formula is C30H36ClN3O4S. The second-order valence-electron chi connectivity index (χ2n) is 9.85. The third-order valence-corrected chi connectivity index (χ3v) is 8.35. The lowest BCUT2D eigenvalue weighted by Crippen LogP contribution is -2.53. The molecule has 2 amide bonds. The molecule has 0 saturated carbocycles. The maximum atomic E-state index is 14.1. The highest BCUT2D eigenvalue weighted by Crippen LogP contribution is 2.30. The smallest absolute Gasteiger partial charge is 0.264 e. The number of aryl methyl sites for hydroxylation is 2. The number of anilines is 1. The maximum absolute atomic E-state index is 14.1. The fraction of sp³-hybridized carbons (Fsp3) is 0.333. The molecule has 1 N–H and O–H groups in total. The summed E-state index contributed by atoms with van der Waals surface area (Å²) in [6, 6.07) is 19.7. The molecule has 39 heavy (non-hydrogen) atoms. The summed E-state index contributed by atoms with van der Waals surface area (Å²) in [5, 5.41) is 3.24. The Bertz CT molecular complexity index is 1390. The largest absolute Gasteiger partial charge is 0.352 e. The monoisotopic (exact) mass is 569 g/mol. The van der Waals surface area contributed by atoms with Crippen LogP contribution in [0.4, 0.5) is 5.69 Å².